The predicted molar refractivity (Wildman–Crippen MR) is 73.8 cm³/mol. The Morgan fingerprint density at radius 3 is 2.95 bits per heavy atom. The Morgan fingerprint density at radius 2 is 2.23 bits per heavy atom. The summed E-state index contributed by atoms with van der Waals surface area (Å²) in [5.74, 6) is 0.0365. The Balaban J connectivity index is 1.84. The summed E-state index contributed by atoms with van der Waals surface area (Å²) in [5, 5.41) is 13.8. The maximum atomic E-state index is 14.0. The van der Waals surface area contributed by atoms with Crippen molar-refractivity contribution in [3.8, 4) is 0 Å². The minimum Gasteiger partial charge on any atom is -0.392 e. The third-order valence-corrected chi connectivity index (χ3v) is 3.86. The second-order valence-electron chi connectivity index (χ2n) is 5.46. The first-order valence-electron chi connectivity index (χ1n) is 7.25. The van der Waals surface area contributed by atoms with Gasteiger partial charge in [-0.15, -0.1) is 0 Å². The largest absolute Gasteiger partial charge is 0.392 e. The molecule has 0 saturated carbocycles. The highest BCUT2D eigenvalue weighted by Gasteiger charge is 2.34. The molecule has 1 N–H and O–H groups in total. The summed E-state index contributed by atoms with van der Waals surface area (Å²) in [4.78, 5) is 6.06. The highest BCUT2D eigenvalue weighted by atomic mass is 19.1. The van der Waals surface area contributed by atoms with E-state index in [-0.39, 0.29) is 5.56 Å². The number of aryl methyl sites for hydroxylation is 1. The number of benzene rings is 1. The van der Waals surface area contributed by atoms with Crippen LogP contribution in [-0.4, -0.2) is 32.8 Å². The quantitative estimate of drug-likeness (QED) is 0.938. The zero-order valence-electron chi connectivity index (χ0n) is 12.2. The van der Waals surface area contributed by atoms with E-state index in [9.17, 15) is 13.9 Å². The molecule has 3 rings (SSSR count). The number of likely N-dealkylation sites (tertiary alicyclic amines) is 1. The molecule has 1 aliphatic heterocycles. The molecule has 0 amide bonds. The summed E-state index contributed by atoms with van der Waals surface area (Å²) >= 11 is 0. The van der Waals surface area contributed by atoms with Gasteiger partial charge in [-0.2, -0.15) is 4.98 Å². The highest BCUT2D eigenvalue weighted by Crippen LogP contribution is 2.34. The number of rotatable bonds is 4. The second kappa shape index (κ2) is 6.10. The van der Waals surface area contributed by atoms with Crippen molar-refractivity contribution >= 4 is 0 Å². The number of aliphatic hydroxyl groups excluding tert-OH is 1. The topological polar surface area (TPSA) is 62.4 Å². The molecule has 1 aromatic carbocycles. The number of aromatic nitrogens is 2. The molecule has 1 saturated heterocycles. The van der Waals surface area contributed by atoms with Crippen LogP contribution in [0, 0.1) is 11.6 Å². The van der Waals surface area contributed by atoms with E-state index in [1.54, 1.807) is 0 Å². The summed E-state index contributed by atoms with van der Waals surface area (Å²) in [6.45, 7) is 2.58. The van der Waals surface area contributed by atoms with Crippen LogP contribution >= 0.6 is 0 Å². The van der Waals surface area contributed by atoms with E-state index in [2.05, 4.69) is 10.1 Å². The van der Waals surface area contributed by atoms with Crippen LogP contribution in [0.4, 0.5) is 8.78 Å². The van der Waals surface area contributed by atoms with Crippen LogP contribution in [0.1, 0.15) is 36.7 Å². The Morgan fingerprint density at radius 1 is 1.41 bits per heavy atom. The van der Waals surface area contributed by atoms with Crippen LogP contribution in [-0.2, 0) is 13.0 Å². The van der Waals surface area contributed by atoms with Crippen molar-refractivity contribution in [2.45, 2.75) is 38.5 Å². The third-order valence-electron chi connectivity index (χ3n) is 3.86. The van der Waals surface area contributed by atoms with E-state index in [4.69, 9.17) is 4.52 Å². The number of β-amino-alcohol motifs (C(OH)–C–C–N with tert-alkyl or cyclic N) is 1. The number of aliphatic hydroxyl groups is 1. The van der Waals surface area contributed by atoms with Gasteiger partial charge < -0.3 is 9.63 Å². The molecule has 0 unspecified atom stereocenters. The molecule has 1 aliphatic rings. The van der Waals surface area contributed by atoms with Crippen molar-refractivity contribution in [3.63, 3.8) is 0 Å². The zero-order chi connectivity index (χ0) is 15.7. The van der Waals surface area contributed by atoms with Crippen LogP contribution in [0.25, 0.3) is 0 Å². The third kappa shape index (κ3) is 3.00. The van der Waals surface area contributed by atoms with Gasteiger partial charge in [-0.3, -0.25) is 4.90 Å². The first-order chi connectivity index (χ1) is 10.6. The molecule has 7 heteroatoms. The van der Waals surface area contributed by atoms with Gasteiger partial charge in [-0.05, 0) is 24.6 Å². The van der Waals surface area contributed by atoms with Gasteiger partial charge in [0.1, 0.15) is 11.6 Å². The van der Waals surface area contributed by atoms with E-state index in [0.717, 1.165) is 12.1 Å². The molecule has 2 aromatic rings. The Labute approximate surface area is 126 Å². The van der Waals surface area contributed by atoms with E-state index < -0.39 is 23.8 Å². The molecule has 1 aromatic heterocycles. The van der Waals surface area contributed by atoms with Crippen molar-refractivity contribution in [2.75, 3.05) is 6.54 Å². The number of halogens is 2. The lowest BCUT2D eigenvalue weighted by molar-refractivity contribution is 0.170. The average Bonchev–Trinajstić information content (AvgIpc) is 3.08. The van der Waals surface area contributed by atoms with Gasteiger partial charge in [0.2, 0.25) is 5.89 Å². The minimum absolute atomic E-state index is 0.246. The molecule has 0 spiro atoms. The summed E-state index contributed by atoms with van der Waals surface area (Å²) in [7, 11) is 0. The van der Waals surface area contributed by atoms with Gasteiger partial charge in [0, 0.05) is 24.6 Å². The molecular weight excluding hydrogens is 292 g/mol. The smallest absolute Gasteiger partial charge is 0.226 e. The van der Waals surface area contributed by atoms with Crippen molar-refractivity contribution in [1.82, 2.24) is 15.0 Å². The van der Waals surface area contributed by atoms with Crippen LogP contribution in [0.2, 0.25) is 0 Å². The van der Waals surface area contributed by atoms with Gasteiger partial charge in [-0.25, -0.2) is 8.78 Å². The highest BCUT2D eigenvalue weighted by molar-refractivity contribution is 5.24. The van der Waals surface area contributed by atoms with Crippen LogP contribution in [0.5, 0.6) is 0 Å². The standard InChI is InChI=1S/C15H17F2N3O2/c1-2-15-18-14(19-22-15)8-20-7-10(21)6-13(20)11-5-9(16)3-4-12(11)17/h3-5,10,13,21H,2,6-8H2,1H3/t10-,13+/m1/s1. The lowest BCUT2D eigenvalue weighted by Crippen LogP contribution is -2.25. The van der Waals surface area contributed by atoms with E-state index in [1.165, 1.54) is 6.07 Å². The number of hydrogen-bond donors (Lipinski definition) is 1. The lowest BCUT2D eigenvalue weighted by atomic mass is 10.0. The van der Waals surface area contributed by atoms with Gasteiger partial charge in [0.05, 0.1) is 12.6 Å². The maximum absolute atomic E-state index is 14.0. The molecule has 0 radical (unpaired) electrons. The fourth-order valence-corrected chi connectivity index (χ4v) is 2.83. The molecule has 1 fully saturated rings. The fraction of sp³-hybridized carbons (Fsp3) is 0.467. The van der Waals surface area contributed by atoms with Crippen molar-refractivity contribution in [1.29, 1.82) is 0 Å². The SMILES string of the molecule is CCc1nc(CN2C[C@H](O)C[C@H]2c2cc(F)ccc2F)no1. The van der Waals surface area contributed by atoms with Crippen molar-refractivity contribution in [3.05, 3.63) is 47.1 Å². The van der Waals surface area contributed by atoms with E-state index >= 15 is 0 Å². The van der Waals surface area contributed by atoms with Gasteiger partial charge in [0.25, 0.3) is 0 Å². The van der Waals surface area contributed by atoms with Crippen LogP contribution in [0.3, 0.4) is 0 Å². The van der Waals surface area contributed by atoms with Crippen LogP contribution < -0.4 is 0 Å². The van der Waals surface area contributed by atoms with Crippen molar-refractivity contribution < 1.29 is 18.4 Å². The number of hydrogen-bond acceptors (Lipinski definition) is 5. The summed E-state index contributed by atoms with van der Waals surface area (Å²) in [6, 6.07) is 2.96. The molecule has 2 heterocycles. The molecule has 118 valence electrons. The van der Waals surface area contributed by atoms with Gasteiger partial charge >= 0.3 is 0 Å². The molecule has 5 nitrogen and oxygen atoms in total. The number of nitrogens with zero attached hydrogens (tertiary/aromatic N) is 3. The van der Waals surface area contributed by atoms with Crippen molar-refractivity contribution in [2.24, 2.45) is 0 Å². The second-order valence-corrected chi connectivity index (χ2v) is 5.46. The fourth-order valence-electron chi connectivity index (χ4n) is 2.83. The van der Waals surface area contributed by atoms with Crippen LogP contribution in [0.15, 0.2) is 22.7 Å². The molecule has 2 atom stereocenters. The first-order valence-corrected chi connectivity index (χ1v) is 7.25. The Kier molecular flexibility index (Phi) is 4.17. The molecule has 0 bridgehead atoms. The first kappa shape index (κ1) is 15.1. The molecule has 22 heavy (non-hydrogen) atoms. The lowest BCUT2D eigenvalue weighted by Gasteiger charge is -2.23. The Hall–Kier alpha value is -1.86. The summed E-state index contributed by atoms with van der Waals surface area (Å²) in [6.07, 6.45) is 0.390. The minimum atomic E-state index is -0.592. The maximum Gasteiger partial charge on any atom is 0.226 e. The normalized spacial score (nSPS) is 22.4. The summed E-state index contributed by atoms with van der Waals surface area (Å²) in [5.41, 5.74) is 0.246. The molecular formula is C15H17F2N3O2. The summed E-state index contributed by atoms with van der Waals surface area (Å²) < 4.78 is 32.5. The van der Waals surface area contributed by atoms with Gasteiger partial charge in [0.15, 0.2) is 5.82 Å². The van der Waals surface area contributed by atoms with Gasteiger partial charge in [-0.1, -0.05) is 12.1 Å². The molecule has 0 aliphatic carbocycles. The zero-order valence-corrected chi connectivity index (χ0v) is 12.2. The predicted octanol–water partition coefficient (Wildman–Crippen LogP) is 2.22. The monoisotopic (exact) mass is 309 g/mol. The average molecular weight is 309 g/mol. The van der Waals surface area contributed by atoms with E-state index in [1.807, 2.05) is 11.8 Å². The Bertz CT molecular complexity index is 662. The van der Waals surface area contributed by atoms with E-state index in [0.29, 0.717) is 37.6 Å².